The highest BCUT2D eigenvalue weighted by molar-refractivity contribution is 5.73. The van der Waals surface area contributed by atoms with Crippen molar-refractivity contribution in [1.29, 1.82) is 0 Å². The van der Waals surface area contributed by atoms with Gasteiger partial charge in [0.15, 0.2) is 0 Å². The van der Waals surface area contributed by atoms with Crippen molar-refractivity contribution in [2.45, 2.75) is 0 Å². The van der Waals surface area contributed by atoms with Crippen LogP contribution in [0.3, 0.4) is 0 Å². The Hall–Kier alpha value is -2.76. The summed E-state index contributed by atoms with van der Waals surface area (Å²) in [4.78, 5) is 8.08. The monoisotopic (exact) mass is 240 g/mol. The number of benzene rings is 1. The minimum Gasteiger partial charge on any atom is -0.397 e. The summed E-state index contributed by atoms with van der Waals surface area (Å²) in [5.74, 6) is 0. The lowest BCUT2D eigenvalue weighted by Gasteiger charge is -2.13. The molecule has 18 heavy (non-hydrogen) atoms. The van der Waals surface area contributed by atoms with E-state index in [9.17, 15) is 0 Å². The minimum atomic E-state index is 0.544. The summed E-state index contributed by atoms with van der Waals surface area (Å²) in [5.41, 5.74) is 14.6. The summed E-state index contributed by atoms with van der Waals surface area (Å²) in [5, 5.41) is 0. The van der Waals surface area contributed by atoms with Crippen LogP contribution >= 0.6 is 0 Å². The maximum absolute atomic E-state index is 5.87. The first-order valence-corrected chi connectivity index (χ1v) is 5.41. The number of anilines is 2. The Balaban J connectivity index is 2.26. The van der Waals surface area contributed by atoms with Gasteiger partial charge in [0, 0.05) is 24.8 Å². The van der Waals surface area contributed by atoms with Gasteiger partial charge >= 0.3 is 0 Å². The number of nitrogens with zero attached hydrogens (tertiary/aromatic N) is 4. The lowest BCUT2D eigenvalue weighted by atomic mass is 10.2. The van der Waals surface area contributed by atoms with Crippen LogP contribution in [0.25, 0.3) is 11.4 Å². The van der Waals surface area contributed by atoms with E-state index in [1.54, 1.807) is 25.0 Å². The SMILES string of the molecule is Nc1cc(-n2ccnc2)c(-n2ccnc2)cc1N. The molecule has 0 spiro atoms. The van der Waals surface area contributed by atoms with Crippen molar-refractivity contribution in [3.63, 3.8) is 0 Å². The van der Waals surface area contributed by atoms with Crippen molar-refractivity contribution in [3.8, 4) is 11.4 Å². The van der Waals surface area contributed by atoms with E-state index in [4.69, 9.17) is 11.5 Å². The average molecular weight is 240 g/mol. The fourth-order valence-corrected chi connectivity index (χ4v) is 1.83. The lowest BCUT2D eigenvalue weighted by Crippen LogP contribution is -2.04. The second kappa shape index (κ2) is 3.92. The number of nitrogen functional groups attached to an aromatic ring is 2. The van der Waals surface area contributed by atoms with Gasteiger partial charge in [-0.1, -0.05) is 0 Å². The molecule has 0 bridgehead atoms. The van der Waals surface area contributed by atoms with Gasteiger partial charge in [-0.05, 0) is 12.1 Å². The van der Waals surface area contributed by atoms with Gasteiger partial charge in [-0.2, -0.15) is 0 Å². The van der Waals surface area contributed by atoms with Gasteiger partial charge in [0.25, 0.3) is 0 Å². The van der Waals surface area contributed by atoms with Crippen LogP contribution in [0.1, 0.15) is 0 Å². The van der Waals surface area contributed by atoms with E-state index >= 15 is 0 Å². The Morgan fingerprint density at radius 2 is 1.22 bits per heavy atom. The summed E-state index contributed by atoms with van der Waals surface area (Å²) in [6.45, 7) is 0. The van der Waals surface area contributed by atoms with E-state index in [0.717, 1.165) is 11.4 Å². The molecule has 90 valence electrons. The number of aromatic nitrogens is 4. The summed E-state index contributed by atoms with van der Waals surface area (Å²) in [6, 6.07) is 3.65. The van der Waals surface area contributed by atoms with Gasteiger partial charge in [0.2, 0.25) is 0 Å². The highest BCUT2D eigenvalue weighted by atomic mass is 15.1. The van der Waals surface area contributed by atoms with Gasteiger partial charge in [-0.25, -0.2) is 9.97 Å². The Kier molecular flexibility index (Phi) is 2.26. The minimum absolute atomic E-state index is 0.544. The first-order valence-electron chi connectivity index (χ1n) is 5.41. The molecule has 3 aromatic rings. The van der Waals surface area contributed by atoms with Crippen LogP contribution in [-0.2, 0) is 0 Å². The standard InChI is InChI=1S/C12H12N6/c13-9-5-11(17-3-1-15-7-17)12(6-10(9)14)18-4-2-16-8-18/h1-8H,13-14H2. The van der Waals surface area contributed by atoms with Gasteiger partial charge in [0.1, 0.15) is 0 Å². The number of hydrogen-bond donors (Lipinski definition) is 2. The normalized spacial score (nSPS) is 10.7. The molecule has 1 aromatic carbocycles. The number of nitrogens with two attached hydrogens (primary N) is 2. The third kappa shape index (κ3) is 1.60. The molecule has 4 N–H and O–H groups in total. The lowest BCUT2D eigenvalue weighted by molar-refractivity contribution is 0.987. The molecule has 6 heteroatoms. The van der Waals surface area contributed by atoms with Crippen LogP contribution in [0.4, 0.5) is 11.4 Å². The zero-order valence-electron chi connectivity index (χ0n) is 9.56. The van der Waals surface area contributed by atoms with Crippen LogP contribution in [-0.4, -0.2) is 19.1 Å². The topological polar surface area (TPSA) is 87.7 Å². The van der Waals surface area contributed by atoms with Gasteiger partial charge in [-0.15, -0.1) is 0 Å². The van der Waals surface area contributed by atoms with Gasteiger partial charge in [0.05, 0.1) is 35.4 Å². The highest BCUT2D eigenvalue weighted by Crippen LogP contribution is 2.26. The van der Waals surface area contributed by atoms with E-state index in [-0.39, 0.29) is 0 Å². The molecule has 0 amide bonds. The number of imidazole rings is 2. The molecule has 0 saturated heterocycles. The molecule has 0 saturated carbocycles. The summed E-state index contributed by atoms with van der Waals surface area (Å²) in [6.07, 6.45) is 10.6. The number of hydrogen-bond acceptors (Lipinski definition) is 4. The fraction of sp³-hybridized carbons (Fsp3) is 0. The first kappa shape index (κ1) is 10.4. The van der Waals surface area contributed by atoms with Gasteiger partial charge < -0.3 is 20.6 Å². The highest BCUT2D eigenvalue weighted by Gasteiger charge is 2.09. The molecule has 0 aliphatic rings. The van der Waals surface area contributed by atoms with Crippen LogP contribution in [0, 0.1) is 0 Å². The van der Waals surface area contributed by atoms with E-state index in [1.165, 1.54) is 0 Å². The molecular formula is C12H12N6. The first-order chi connectivity index (χ1) is 8.75. The maximum Gasteiger partial charge on any atom is 0.0992 e. The van der Waals surface area contributed by atoms with Crippen molar-refractivity contribution >= 4 is 11.4 Å². The zero-order valence-corrected chi connectivity index (χ0v) is 9.56. The van der Waals surface area contributed by atoms with Gasteiger partial charge in [-0.3, -0.25) is 0 Å². The van der Waals surface area contributed by atoms with E-state index in [2.05, 4.69) is 9.97 Å². The Morgan fingerprint density at radius 3 is 1.56 bits per heavy atom. The number of rotatable bonds is 2. The third-order valence-electron chi connectivity index (χ3n) is 2.75. The second-order valence-corrected chi connectivity index (χ2v) is 3.91. The van der Waals surface area contributed by atoms with Crippen molar-refractivity contribution in [2.24, 2.45) is 0 Å². The molecule has 0 atom stereocenters. The summed E-state index contributed by atoms with van der Waals surface area (Å²) >= 11 is 0. The van der Waals surface area contributed by atoms with Crippen LogP contribution in [0.2, 0.25) is 0 Å². The molecule has 0 fully saturated rings. The van der Waals surface area contributed by atoms with Crippen molar-refractivity contribution in [3.05, 3.63) is 49.6 Å². The molecular weight excluding hydrogens is 228 g/mol. The average Bonchev–Trinajstić information content (AvgIpc) is 3.02. The second-order valence-electron chi connectivity index (χ2n) is 3.91. The predicted molar refractivity (Wildman–Crippen MR) is 69.5 cm³/mol. The Labute approximate surface area is 104 Å². The predicted octanol–water partition coefficient (Wildman–Crippen LogP) is 1.22. The quantitative estimate of drug-likeness (QED) is 0.659. The molecule has 6 nitrogen and oxygen atoms in total. The molecule has 3 rings (SSSR count). The van der Waals surface area contributed by atoms with Crippen molar-refractivity contribution < 1.29 is 0 Å². The fourth-order valence-electron chi connectivity index (χ4n) is 1.83. The van der Waals surface area contributed by atoms with E-state index in [1.807, 2.05) is 33.7 Å². The van der Waals surface area contributed by atoms with Crippen molar-refractivity contribution in [1.82, 2.24) is 19.1 Å². The largest absolute Gasteiger partial charge is 0.397 e. The van der Waals surface area contributed by atoms with Crippen molar-refractivity contribution in [2.75, 3.05) is 11.5 Å². The summed E-state index contributed by atoms with van der Waals surface area (Å²) < 4.78 is 3.76. The van der Waals surface area contributed by atoms with Crippen LogP contribution < -0.4 is 11.5 Å². The Morgan fingerprint density at radius 1 is 0.778 bits per heavy atom. The molecule has 0 radical (unpaired) electrons. The molecule has 2 heterocycles. The Bertz CT molecular complexity index is 595. The summed E-state index contributed by atoms with van der Waals surface area (Å²) in [7, 11) is 0. The maximum atomic E-state index is 5.87. The van der Waals surface area contributed by atoms with Crippen LogP contribution in [0.5, 0.6) is 0 Å². The van der Waals surface area contributed by atoms with E-state index in [0.29, 0.717) is 11.4 Å². The third-order valence-corrected chi connectivity index (χ3v) is 2.75. The van der Waals surface area contributed by atoms with E-state index < -0.39 is 0 Å². The molecule has 0 aliphatic carbocycles. The molecule has 0 aliphatic heterocycles. The molecule has 2 aromatic heterocycles. The van der Waals surface area contributed by atoms with Crippen LogP contribution in [0.15, 0.2) is 49.6 Å². The smallest absolute Gasteiger partial charge is 0.0992 e. The zero-order chi connectivity index (χ0) is 12.5. The molecule has 0 unspecified atom stereocenters.